The van der Waals surface area contributed by atoms with E-state index in [-0.39, 0.29) is 11.4 Å². The van der Waals surface area contributed by atoms with Crippen molar-refractivity contribution in [2.45, 2.75) is 29.1 Å². The highest BCUT2D eigenvalue weighted by atomic mass is 32.2. The van der Waals surface area contributed by atoms with Gasteiger partial charge in [0.15, 0.2) is 0 Å². The SMILES string of the molecule is Cc1cc(/C=N/n2cnc3sc(Sc4ccccc4[N+](=O)[O-])cc3c2=O)c(C)n1-c1ccccc1C(F)(F)F. The molecule has 0 saturated heterocycles. The van der Waals surface area contributed by atoms with Gasteiger partial charge in [-0.25, -0.2) is 4.98 Å². The van der Waals surface area contributed by atoms with Gasteiger partial charge in [0.25, 0.3) is 11.2 Å². The van der Waals surface area contributed by atoms with Crippen LogP contribution in [-0.2, 0) is 6.18 Å². The molecular weight excluding hydrogens is 551 g/mol. The van der Waals surface area contributed by atoms with Gasteiger partial charge < -0.3 is 4.57 Å². The number of nitro benzene ring substituents is 1. The second-order valence-electron chi connectivity index (χ2n) is 8.43. The quantitative estimate of drug-likeness (QED) is 0.127. The van der Waals surface area contributed by atoms with Crippen LogP contribution in [0.15, 0.2) is 86.0 Å². The number of hydrogen-bond donors (Lipinski definition) is 0. The van der Waals surface area contributed by atoms with E-state index in [1.807, 2.05) is 0 Å². The number of halogens is 3. The molecule has 39 heavy (non-hydrogen) atoms. The lowest BCUT2D eigenvalue weighted by Crippen LogP contribution is -2.16. The van der Waals surface area contributed by atoms with Gasteiger partial charge in [-0.15, -0.1) is 11.3 Å². The monoisotopic (exact) mass is 569 g/mol. The van der Waals surface area contributed by atoms with Crippen molar-refractivity contribution in [3.63, 3.8) is 0 Å². The molecule has 0 aliphatic heterocycles. The molecule has 5 rings (SSSR count). The number of rotatable bonds is 6. The van der Waals surface area contributed by atoms with Crippen LogP contribution in [0.25, 0.3) is 15.9 Å². The Morgan fingerprint density at radius 2 is 1.82 bits per heavy atom. The van der Waals surface area contributed by atoms with Crippen molar-refractivity contribution in [1.82, 2.24) is 14.2 Å². The van der Waals surface area contributed by atoms with Crippen LogP contribution in [0.2, 0.25) is 0 Å². The van der Waals surface area contributed by atoms with Gasteiger partial charge in [0.05, 0.1) is 36.9 Å². The standard InChI is InChI=1S/C26H18F3N5O3S2/c1-15-11-17(16(2)33(15)20-8-4-3-7-19(20)26(27,28)29)13-31-32-14-30-24-18(25(32)35)12-23(39-24)38-22-10-6-5-9-21(22)34(36)37/h3-14H,1-2H3/b31-13+. The molecule has 5 aromatic rings. The fraction of sp³-hybridized carbons (Fsp3) is 0.115. The Balaban J connectivity index is 1.47. The van der Waals surface area contributed by atoms with E-state index in [2.05, 4.69) is 10.1 Å². The highest BCUT2D eigenvalue weighted by molar-refractivity contribution is 8.01. The molecule has 3 heterocycles. The van der Waals surface area contributed by atoms with Crippen LogP contribution in [0, 0.1) is 24.0 Å². The van der Waals surface area contributed by atoms with Gasteiger partial charge in [0.1, 0.15) is 11.2 Å². The van der Waals surface area contributed by atoms with Crippen LogP contribution in [0.5, 0.6) is 0 Å². The van der Waals surface area contributed by atoms with E-state index in [0.29, 0.717) is 36.3 Å². The average molecular weight is 570 g/mol. The molecule has 2 aromatic carbocycles. The summed E-state index contributed by atoms with van der Waals surface area (Å²) in [5, 5.41) is 15.8. The predicted octanol–water partition coefficient (Wildman–Crippen LogP) is 6.83. The second kappa shape index (κ2) is 10.2. The van der Waals surface area contributed by atoms with Crippen LogP contribution in [0.3, 0.4) is 0 Å². The Labute approximate surface area is 227 Å². The molecule has 0 spiro atoms. The van der Waals surface area contributed by atoms with Gasteiger partial charge in [-0.3, -0.25) is 14.9 Å². The lowest BCUT2D eigenvalue weighted by atomic mass is 10.1. The molecule has 0 saturated carbocycles. The van der Waals surface area contributed by atoms with Gasteiger partial charge >= 0.3 is 6.18 Å². The molecule has 8 nitrogen and oxygen atoms in total. The third-order valence-electron chi connectivity index (χ3n) is 5.93. The van der Waals surface area contributed by atoms with E-state index in [0.717, 1.165) is 10.7 Å². The number of thiophene rings is 1. The summed E-state index contributed by atoms with van der Waals surface area (Å²) in [4.78, 5) is 29.1. The topological polar surface area (TPSA) is 95.3 Å². The summed E-state index contributed by atoms with van der Waals surface area (Å²) < 4.78 is 44.0. The molecular formula is C26H18F3N5O3S2. The number of fused-ring (bicyclic) bond motifs is 1. The third kappa shape index (κ3) is 5.10. The van der Waals surface area contributed by atoms with E-state index in [4.69, 9.17) is 0 Å². The van der Waals surface area contributed by atoms with Crippen molar-refractivity contribution in [3.05, 3.63) is 110 Å². The lowest BCUT2D eigenvalue weighted by molar-refractivity contribution is -0.387. The Kier molecular flexibility index (Phi) is 6.87. The van der Waals surface area contributed by atoms with Gasteiger partial charge in [-0.1, -0.05) is 36.0 Å². The first-order valence-electron chi connectivity index (χ1n) is 11.4. The molecule has 0 bridgehead atoms. The number of hydrogen-bond acceptors (Lipinski definition) is 7. The van der Waals surface area contributed by atoms with Gasteiger partial charge in [-0.05, 0) is 44.2 Å². The molecule has 13 heteroatoms. The van der Waals surface area contributed by atoms with Crippen LogP contribution in [-0.4, -0.2) is 25.4 Å². The molecule has 0 radical (unpaired) electrons. The van der Waals surface area contributed by atoms with E-state index >= 15 is 0 Å². The van der Waals surface area contributed by atoms with Crippen LogP contribution in [0.1, 0.15) is 22.5 Å². The van der Waals surface area contributed by atoms with E-state index < -0.39 is 22.2 Å². The zero-order valence-corrected chi connectivity index (χ0v) is 22.0. The van der Waals surface area contributed by atoms with Crippen molar-refractivity contribution in [2.24, 2.45) is 5.10 Å². The minimum absolute atomic E-state index is 0.00172. The summed E-state index contributed by atoms with van der Waals surface area (Å²) >= 11 is 2.39. The highest BCUT2D eigenvalue weighted by Gasteiger charge is 2.34. The van der Waals surface area contributed by atoms with Crippen molar-refractivity contribution in [3.8, 4) is 5.69 Å². The number of aryl methyl sites for hydroxylation is 1. The zero-order chi connectivity index (χ0) is 27.9. The van der Waals surface area contributed by atoms with Gasteiger partial charge in [-0.2, -0.15) is 22.9 Å². The molecule has 0 amide bonds. The Morgan fingerprint density at radius 1 is 1.10 bits per heavy atom. The zero-order valence-electron chi connectivity index (χ0n) is 20.3. The maximum absolute atomic E-state index is 13.6. The molecule has 0 fully saturated rings. The number of benzene rings is 2. The number of alkyl halides is 3. The first-order valence-corrected chi connectivity index (χ1v) is 13.0. The minimum Gasteiger partial charge on any atom is -0.317 e. The number of nitrogens with zero attached hydrogens (tertiary/aromatic N) is 5. The molecule has 0 N–H and O–H groups in total. The third-order valence-corrected chi connectivity index (χ3v) is 8.15. The first-order chi connectivity index (χ1) is 18.5. The molecule has 0 aliphatic carbocycles. The normalized spacial score (nSPS) is 12.0. The van der Waals surface area contributed by atoms with Crippen LogP contribution < -0.4 is 5.56 Å². The predicted molar refractivity (Wildman–Crippen MR) is 144 cm³/mol. The maximum atomic E-state index is 13.6. The van der Waals surface area contributed by atoms with Crippen molar-refractivity contribution in [1.29, 1.82) is 0 Å². The van der Waals surface area contributed by atoms with Gasteiger partial charge in [0.2, 0.25) is 0 Å². The Hall–Kier alpha value is -4.23. The maximum Gasteiger partial charge on any atom is 0.418 e. The first kappa shape index (κ1) is 26.4. The minimum atomic E-state index is -4.52. The molecule has 0 atom stereocenters. The average Bonchev–Trinajstić information content (AvgIpc) is 3.43. The smallest absolute Gasteiger partial charge is 0.317 e. The Morgan fingerprint density at radius 3 is 2.56 bits per heavy atom. The molecule has 0 unspecified atom stereocenters. The van der Waals surface area contributed by atoms with E-state index in [1.165, 1.54) is 58.4 Å². The molecule has 198 valence electrons. The summed E-state index contributed by atoms with van der Waals surface area (Å²) in [5.41, 5.74) is 0.391. The van der Waals surface area contributed by atoms with E-state index in [9.17, 15) is 28.1 Å². The fourth-order valence-corrected chi connectivity index (χ4v) is 6.33. The molecule has 0 aliphatic rings. The van der Waals surface area contributed by atoms with Crippen molar-refractivity contribution < 1.29 is 18.1 Å². The molecule has 3 aromatic heterocycles. The van der Waals surface area contributed by atoms with Crippen molar-refractivity contribution >= 4 is 45.2 Å². The summed E-state index contributed by atoms with van der Waals surface area (Å²) in [5.74, 6) is 0. The fourth-order valence-electron chi connectivity index (χ4n) is 4.15. The summed E-state index contributed by atoms with van der Waals surface area (Å²) in [6.45, 7) is 3.37. The summed E-state index contributed by atoms with van der Waals surface area (Å²) in [7, 11) is 0. The number of nitro groups is 1. The van der Waals surface area contributed by atoms with Crippen LogP contribution in [0.4, 0.5) is 18.9 Å². The second-order valence-corrected chi connectivity index (χ2v) is 10.8. The van der Waals surface area contributed by atoms with E-state index in [1.54, 1.807) is 50.2 Å². The number of para-hydroxylation sites is 2. The summed E-state index contributed by atoms with van der Waals surface area (Å²) in [6, 6.07) is 14.9. The number of aromatic nitrogens is 3. The lowest BCUT2D eigenvalue weighted by Gasteiger charge is -2.16. The summed E-state index contributed by atoms with van der Waals surface area (Å²) in [6.07, 6.45) is -1.86. The largest absolute Gasteiger partial charge is 0.418 e. The van der Waals surface area contributed by atoms with Crippen molar-refractivity contribution in [2.75, 3.05) is 0 Å². The highest BCUT2D eigenvalue weighted by Crippen LogP contribution is 2.39. The van der Waals surface area contributed by atoms with Crippen LogP contribution >= 0.6 is 23.1 Å². The Bertz CT molecular complexity index is 1820. The van der Waals surface area contributed by atoms with Gasteiger partial charge in [0, 0.05) is 23.0 Å².